The smallest absolute Gasteiger partial charge is 0.159 e. The Morgan fingerprint density at radius 1 is 0.629 bits per heavy atom. The molecule has 0 aliphatic rings. The zero-order valence-corrected chi connectivity index (χ0v) is 22.2. The van der Waals surface area contributed by atoms with Crippen LogP contribution in [0.1, 0.15) is 110 Å². The largest absolute Gasteiger partial charge is 0.494 e. The molecule has 35 heavy (non-hydrogen) atoms. The number of hydrogen-bond donors (Lipinski definition) is 0. The van der Waals surface area contributed by atoms with Crippen LogP contribution in [0, 0.1) is 0 Å². The van der Waals surface area contributed by atoms with E-state index in [0.717, 1.165) is 56.4 Å². The van der Waals surface area contributed by atoms with Crippen LogP contribution in [-0.2, 0) is 0 Å². The normalized spacial score (nSPS) is 12.0. The number of aromatic nitrogens is 2. The van der Waals surface area contributed by atoms with Crippen molar-refractivity contribution < 1.29 is 13.9 Å². The molecular weight excluding hydrogens is 439 g/mol. The number of ether oxygens (including phenoxy) is 2. The van der Waals surface area contributed by atoms with Crippen molar-refractivity contribution in [2.24, 2.45) is 0 Å². The number of alkyl halides is 1. The van der Waals surface area contributed by atoms with Crippen molar-refractivity contribution in [3.05, 3.63) is 36.7 Å². The van der Waals surface area contributed by atoms with Gasteiger partial charge in [-0.05, 0) is 56.4 Å². The fourth-order valence-corrected chi connectivity index (χ4v) is 4.08. The van der Waals surface area contributed by atoms with E-state index >= 15 is 0 Å². The molecule has 0 radical (unpaired) electrons. The number of benzene rings is 1. The molecule has 1 heterocycles. The minimum absolute atomic E-state index is 0.565. The molecule has 0 unspecified atom stereocenters. The van der Waals surface area contributed by atoms with E-state index in [2.05, 4.69) is 23.8 Å². The monoisotopic (exact) mass is 486 g/mol. The molecule has 1 aromatic heterocycles. The third-order valence-electron chi connectivity index (χ3n) is 6.31. The third-order valence-corrected chi connectivity index (χ3v) is 6.31. The lowest BCUT2D eigenvalue weighted by molar-refractivity contribution is 0.260. The van der Waals surface area contributed by atoms with Gasteiger partial charge in [0.1, 0.15) is 11.9 Å². The second-order valence-corrected chi connectivity index (χ2v) is 9.53. The van der Waals surface area contributed by atoms with Crippen LogP contribution in [0.4, 0.5) is 4.39 Å². The molecule has 0 spiro atoms. The maximum atomic E-state index is 13.8. The first-order chi connectivity index (χ1) is 17.2. The highest BCUT2D eigenvalue weighted by atomic mass is 19.1. The van der Waals surface area contributed by atoms with Crippen LogP contribution in [0.2, 0.25) is 0 Å². The Bertz CT molecular complexity index is 752. The summed E-state index contributed by atoms with van der Waals surface area (Å²) in [4.78, 5) is 8.87. The summed E-state index contributed by atoms with van der Waals surface area (Å²) in [6.45, 7) is 5.73. The van der Waals surface area contributed by atoms with Gasteiger partial charge in [-0.1, -0.05) is 78.1 Å². The van der Waals surface area contributed by atoms with Crippen LogP contribution in [0.5, 0.6) is 11.5 Å². The van der Waals surface area contributed by atoms with E-state index in [0.29, 0.717) is 31.0 Å². The Kier molecular flexibility index (Phi) is 15.8. The van der Waals surface area contributed by atoms with E-state index in [-0.39, 0.29) is 0 Å². The van der Waals surface area contributed by atoms with Gasteiger partial charge in [0.2, 0.25) is 0 Å². The summed E-state index contributed by atoms with van der Waals surface area (Å²) >= 11 is 0. The van der Waals surface area contributed by atoms with Gasteiger partial charge in [0, 0.05) is 5.56 Å². The van der Waals surface area contributed by atoms with E-state index in [1.54, 1.807) is 12.4 Å². The molecule has 1 atom stereocenters. The first kappa shape index (κ1) is 29.1. The molecule has 2 aromatic rings. The van der Waals surface area contributed by atoms with Gasteiger partial charge in [-0.25, -0.2) is 14.4 Å². The summed E-state index contributed by atoms with van der Waals surface area (Å²) in [7, 11) is 0. The maximum absolute atomic E-state index is 13.8. The Balaban J connectivity index is 1.59. The second-order valence-electron chi connectivity index (χ2n) is 9.53. The minimum atomic E-state index is -0.675. The highest BCUT2D eigenvalue weighted by molar-refractivity contribution is 5.56. The lowest BCUT2D eigenvalue weighted by atomic mass is 10.1. The van der Waals surface area contributed by atoms with E-state index in [1.807, 2.05) is 24.3 Å². The van der Waals surface area contributed by atoms with Gasteiger partial charge in [-0.15, -0.1) is 0 Å². The van der Waals surface area contributed by atoms with Crippen molar-refractivity contribution >= 4 is 0 Å². The Labute approximate surface area is 213 Å². The van der Waals surface area contributed by atoms with Crippen molar-refractivity contribution in [1.82, 2.24) is 9.97 Å². The molecule has 1 aromatic carbocycles. The molecule has 2 rings (SSSR count). The van der Waals surface area contributed by atoms with E-state index in [9.17, 15) is 4.39 Å². The zero-order chi connectivity index (χ0) is 25.0. The Hall–Kier alpha value is -2.17. The number of halogens is 1. The summed E-state index contributed by atoms with van der Waals surface area (Å²) in [6.07, 6.45) is 19.4. The molecule has 196 valence electrons. The number of unbranched alkanes of at least 4 members (excludes halogenated alkanes) is 10. The van der Waals surface area contributed by atoms with Gasteiger partial charge < -0.3 is 9.47 Å². The third kappa shape index (κ3) is 13.5. The fraction of sp³-hybridized carbons (Fsp3) is 0.667. The van der Waals surface area contributed by atoms with Crippen molar-refractivity contribution in [2.45, 2.75) is 116 Å². The molecule has 0 aliphatic heterocycles. The van der Waals surface area contributed by atoms with Crippen LogP contribution in [-0.4, -0.2) is 29.4 Å². The van der Waals surface area contributed by atoms with Crippen molar-refractivity contribution in [2.75, 3.05) is 13.2 Å². The highest BCUT2D eigenvalue weighted by Gasteiger charge is 2.06. The van der Waals surface area contributed by atoms with Crippen molar-refractivity contribution in [3.63, 3.8) is 0 Å². The highest BCUT2D eigenvalue weighted by Crippen LogP contribution is 2.21. The molecular formula is C30H47FN2O2. The van der Waals surface area contributed by atoms with Gasteiger partial charge in [-0.2, -0.15) is 0 Å². The SMILES string of the molecule is CCCCCCCCCCOc1ccc(-c2ncc(OCCCC[C@@H](F)CCCCC)cn2)cc1. The minimum Gasteiger partial charge on any atom is -0.494 e. The quantitative estimate of drug-likeness (QED) is 0.165. The first-order valence-corrected chi connectivity index (χ1v) is 14.0. The predicted octanol–water partition coefficient (Wildman–Crippen LogP) is 9.13. The summed E-state index contributed by atoms with van der Waals surface area (Å²) in [6, 6.07) is 7.95. The first-order valence-electron chi connectivity index (χ1n) is 14.0. The van der Waals surface area contributed by atoms with Gasteiger partial charge in [0.25, 0.3) is 0 Å². The molecule has 5 heteroatoms. The average Bonchev–Trinajstić information content (AvgIpc) is 2.88. The van der Waals surface area contributed by atoms with Gasteiger partial charge in [-0.3, -0.25) is 0 Å². The van der Waals surface area contributed by atoms with Crippen LogP contribution in [0.25, 0.3) is 11.4 Å². The summed E-state index contributed by atoms with van der Waals surface area (Å²) in [5.41, 5.74) is 0.952. The number of rotatable bonds is 21. The second kappa shape index (κ2) is 19.1. The molecule has 0 N–H and O–H groups in total. The lowest BCUT2D eigenvalue weighted by Crippen LogP contribution is -2.03. The fourth-order valence-electron chi connectivity index (χ4n) is 4.08. The summed E-state index contributed by atoms with van der Waals surface area (Å²) < 4.78 is 25.4. The number of nitrogens with zero attached hydrogens (tertiary/aromatic N) is 2. The van der Waals surface area contributed by atoms with Crippen LogP contribution in [0.3, 0.4) is 0 Å². The van der Waals surface area contributed by atoms with E-state index in [4.69, 9.17) is 9.47 Å². The van der Waals surface area contributed by atoms with E-state index in [1.165, 1.54) is 44.9 Å². The molecule has 0 amide bonds. The van der Waals surface area contributed by atoms with E-state index < -0.39 is 6.17 Å². The van der Waals surface area contributed by atoms with Crippen molar-refractivity contribution in [3.8, 4) is 22.9 Å². The maximum Gasteiger partial charge on any atom is 0.159 e. The zero-order valence-electron chi connectivity index (χ0n) is 22.2. The number of hydrogen-bond acceptors (Lipinski definition) is 4. The molecule has 0 fully saturated rings. The van der Waals surface area contributed by atoms with Crippen LogP contribution in [0.15, 0.2) is 36.7 Å². The molecule has 0 saturated carbocycles. The van der Waals surface area contributed by atoms with Crippen LogP contribution >= 0.6 is 0 Å². The van der Waals surface area contributed by atoms with Crippen LogP contribution < -0.4 is 9.47 Å². The lowest BCUT2D eigenvalue weighted by Gasteiger charge is -2.09. The Morgan fingerprint density at radius 3 is 1.74 bits per heavy atom. The van der Waals surface area contributed by atoms with Gasteiger partial charge >= 0.3 is 0 Å². The summed E-state index contributed by atoms with van der Waals surface area (Å²) in [5, 5.41) is 0. The molecule has 4 nitrogen and oxygen atoms in total. The van der Waals surface area contributed by atoms with Crippen molar-refractivity contribution in [1.29, 1.82) is 0 Å². The average molecular weight is 487 g/mol. The predicted molar refractivity (Wildman–Crippen MR) is 144 cm³/mol. The topological polar surface area (TPSA) is 44.2 Å². The summed E-state index contributed by atoms with van der Waals surface area (Å²) in [5.74, 6) is 2.20. The van der Waals surface area contributed by atoms with Gasteiger partial charge in [0.05, 0.1) is 25.6 Å². The van der Waals surface area contributed by atoms with Gasteiger partial charge in [0.15, 0.2) is 11.6 Å². The molecule has 0 saturated heterocycles. The molecule has 0 bridgehead atoms. The molecule has 0 aliphatic carbocycles. The standard InChI is InChI=1S/C30H47FN2O2/c1-3-5-7-8-9-10-11-14-22-34-28-20-18-26(19-21-28)30-32-24-29(25-33-30)35-23-15-13-17-27(31)16-12-6-4-2/h18-21,24-25,27H,3-17,22-23H2,1-2H3/t27-/m0/s1. The Morgan fingerprint density at radius 2 is 1.11 bits per heavy atom.